The first-order valence-corrected chi connectivity index (χ1v) is 10.9. The maximum absolute atomic E-state index is 13.3. The summed E-state index contributed by atoms with van der Waals surface area (Å²) < 4.78 is 34.3. The summed E-state index contributed by atoms with van der Waals surface area (Å²) in [5.74, 6) is -1.92. The Balaban J connectivity index is 2.22. The van der Waals surface area contributed by atoms with Crippen molar-refractivity contribution in [3.8, 4) is 0 Å². The van der Waals surface area contributed by atoms with Crippen LogP contribution < -0.4 is 11.5 Å². The highest BCUT2D eigenvalue weighted by Crippen LogP contribution is 2.34. The zero-order chi connectivity index (χ0) is 21.1. The molecule has 0 aromatic carbocycles. The van der Waals surface area contributed by atoms with Crippen LogP contribution in [0.2, 0.25) is 6.32 Å². The quantitative estimate of drug-likeness (QED) is 0.241. The number of carbonyl (C=O) groups is 1. The fraction of sp³-hybridized carbons (Fsp3) is 0.933. The molecular formula is C15H31BN4O7S. The number of rotatable bonds is 10. The minimum atomic E-state index is -3.99. The molecule has 11 nitrogen and oxygen atoms in total. The highest BCUT2D eigenvalue weighted by molar-refractivity contribution is 7.86. The van der Waals surface area contributed by atoms with Gasteiger partial charge < -0.3 is 31.4 Å². The van der Waals surface area contributed by atoms with Crippen molar-refractivity contribution in [1.82, 2.24) is 8.61 Å². The van der Waals surface area contributed by atoms with Crippen LogP contribution in [0.4, 0.5) is 0 Å². The summed E-state index contributed by atoms with van der Waals surface area (Å²) in [7, 11) is -5.49. The first-order valence-electron chi connectivity index (χ1n) is 9.52. The average molecular weight is 422 g/mol. The highest BCUT2D eigenvalue weighted by atomic mass is 32.2. The molecule has 2 heterocycles. The van der Waals surface area contributed by atoms with Crippen molar-refractivity contribution >= 4 is 23.3 Å². The minimum Gasteiger partial charge on any atom is -0.480 e. The van der Waals surface area contributed by atoms with Gasteiger partial charge in [-0.15, -0.1) is 0 Å². The lowest BCUT2D eigenvalue weighted by Crippen LogP contribution is -2.57. The van der Waals surface area contributed by atoms with Crippen LogP contribution in [0, 0.1) is 5.92 Å². The van der Waals surface area contributed by atoms with Gasteiger partial charge in [0.25, 0.3) is 10.2 Å². The number of hydrogen-bond acceptors (Lipinski definition) is 8. The van der Waals surface area contributed by atoms with Crippen molar-refractivity contribution in [3.63, 3.8) is 0 Å². The van der Waals surface area contributed by atoms with Crippen LogP contribution in [0.15, 0.2) is 0 Å². The summed E-state index contributed by atoms with van der Waals surface area (Å²) in [5.41, 5.74) is 10.4. The second-order valence-electron chi connectivity index (χ2n) is 7.63. The van der Waals surface area contributed by atoms with Crippen molar-refractivity contribution in [2.75, 3.05) is 32.8 Å². The molecule has 2 saturated heterocycles. The van der Waals surface area contributed by atoms with E-state index in [4.69, 9.17) is 26.3 Å². The predicted octanol–water partition coefficient (Wildman–Crippen LogP) is -2.36. The molecule has 0 aromatic heterocycles. The van der Waals surface area contributed by atoms with E-state index in [0.717, 1.165) is 4.31 Å². The molecule has 2 rings (SSSR count). The molecule has 0 radical (unpaired) electrons. The number of hydrogen-bond donors (Lipinski definition) is 5. The Morgan fingerprint density at radius 1 is 1.39 bits per heavy atom. The van der Waals surface area contributed by atoms with E-state index in [0.29, 0.717) is 12.8 Å². The molecule has 0 aromatic rings. The molecule has 0 saturated carbocycles. The summed E-state index contributed by atoms with van der Waals surface area (Å²) in [5, 5.41) is 27.6. The lowest BCUT2D eigenvalue weighted by atomic mass is 9.78. The van der Waals surface area contributed by atoms with Gasteiger partial charge in [-0.1, -0.05) is 13.3 Å². The van der Waals surface area contributed by atoms with Gasteiger partial charge in [0, 0.05) is 31.6 Å². The van der Waals surface area contributed by atoms with E-state index < -0.39 is 46.8 Å². The number of aliphatic carboxylic acids is 1. The molecule has 0 amide bonds. The Labute approximate surface area is 165 Å². The van der Waals surface area contributed by atoms with Crippen LogP contribution in [0.3, 0.4) is 0 Å². The average Bonchev–Trinajstić information content (AvgIpc) is 3.17. The van der Waals surface area contributed by atoms with Crippen LogP contribution in [0.1, 0.15) is 26.2 Å². The Kier molecular flexibility index (Phi) is 7.84. The molecule has 0 aliphatic carbocycles. The summed E-state index contributed by atoms with van der Waals surface area (Å²) in [6.07, 6.45) is 1.23. The number of carboxylic acid groups (broad SMARTS) is 1. The van der Waals surface area contributed by atoms with Gasteiger partial charge in [-0.3, -0.25) is 4.79 Å². The third-order valence-electron chi connectivity index (χ3n) is 5.53. The summed E-state index contributed by atoms with van der Waals surface area (Å²) in [6, 6.07) is -0.960. The standard InChI is InChI=1S/C15H31BN4O7S/c1-2-6-20(13-9-27-8-12(13)17)28(25,26)19-7-11(4-3-5-16(23)24)15(18,10-19)14(21)22/h11-13,23-24H,2-10,17-18H2,1H3,(H,21,22)/t11-,12?,13?,15-/m0/s1. The van der Waals surface area contributed by atoms with Crippen molar-refractivity contribution in [2.24, 2.45) is 17.4 Å². The van der Waals surface area contributed by atoms with Crippen molar-refractivity contribution in [2.45, 2.75) is 50.1 Å². The van der Waals surface area contributed by atoms with Crippen molar-refractivity contribution in [3.05, 3.63) is 0 Å². The summed E-state index contributed by atoms with van der Waals surface area (Å²) in [6.45, 7) is 2.16. The second-order valence-corrected chi connectivity index (χ2v) is 9.51. The van der Waals surface area contributed by atoms with Gasteiger partial charge in [0.1, 0.15) is 5.54 Å². The smallest absolute Gasteiger partial charge is 0.451 e. The number of ether oxygens (including phenoxy) is 1. The van der Waals surface area contributed by atoms with E-state index in [2.05, 4.69) is 0 Å². The molecule has 13 heteroatoms. The Morgan fingerprint density at radius 3 is 2.57 bits per heavy atom. The Hall–Kier alpha value is -0.795. The zero-order valence-electron chi connectivity index (χ0n) is 16.1. The molecule has 2 aliphatic rings. The van der Waals surface area contributed by atoms with Crippen LogP contribution >= 0.6 is 0 Å². The van der Waals surface area contributed by atoms with Crippen molar-refractivity contribution in [1.29, 1.82) is 0 Å². The van der Waals surface area contributed by atoms with Gasteiger partial charge in [0.05, 0.1) is 19.3 Å². The maximum Gasteiger partial charge on any atom is 0.451 e. The van der Waals surface area contributed by atoms with E-state index in [-0.39, 0.29) is 45.6 Å². The molecule has 2 aliphatic heterocycles. The van der Waals surface area contributed by atoms with E-state index in [9.17, 15) is 18.3 Å². The van der Waals surface area contributed by atoms with E-state index in [1.54, 1.807) is 0 Å². The lowest BCUT2D eigenvalue weighted by Gasteiger charge is -2.33. The van der Waals surface area contributed by atoms with E-state index in [1.165, 1.54) is 4.31 Å². The topological polar surface area (TPSA) is 180 Å². The molecular weight excluding hydrogens is 391 g/mol. The third-order valence-corrected chi connectivity index (χ3v) is 7.51. The molecule has 0 spiro atoms. The summed E-state index contributed by atoms with van der Waals surface area (Å²) >= 11 is 0. The third kappa shape index (κ3) is 4.85. The molecule has 28 heavy (non-hydrogen) atoms. The van der Waals surface area contributed by atoms with Crippen molar-refractivity contribution < 1.29 is 33.1 Å². The SMILES string of the molecule is CCCN(C1COCC1N)S(=O)(=O)N1C[C@H](CCCB(O)O)[C@](N)(C(=O)O)C1. The predicted molar refractivity (Wildman–Crippen MR) is 102 cm³/mol. The highest BCUT2D eigenvalue weighted by Gasteiger charge is 2.54. The summed E-state index contributed by atoms with van der Waals surface area (Å²) in [4.78, 5) is 11.8. The van der Waals surface area contributed by atoms with Gasteiger partial charge >= 0.3 is 13.1 Å². The fourth-order valence-electron chi connectivity index (χ4n) is 3.89. The molecule has 162 valence electrons. The number of nitrogens with zero attached hydrogens (tertiary/aromatic N) is 2. The molecule has 2 fully saturated rings. The van der Waals surface area contributed by atoms with E-state index in [1.807, 2.05) is 6.92 Å². The number of carboxylic acids is 1. The van der Waals surface area contributed by atoms with Gasteiger partial charge in [-0.05, 0) is 19.2 Å². The normalized spacial score (nSPS) is 31.6. The van der Waals surface area contributed by atoms with Crippen LogP contribution in [0.5, 0.6) is 0 Å². The van der Waals surface area contributed by atoms with Gasteiger partial charge in [-0.25, -0.2) is 0 Å². The molecule has 0 bridgehead atoms. The van der Waals surface area contributed by atoms with Gasteiger partial charge in [-0.2, -0.15) is 17.0 Å². The van der Waals surface area contributed by atoms with Crippen LogP contribution in [-0.2, 0) is 19.7 Å². The Bertz CT molecular complexity index is 652. The van der Waals surface area contributed by atoms with Crippen LogP contribution in [-0.4, -0.2) is 95.7 Å². The van der Waals surface area contributed by atoms with E-state index >= 15 is 0 Å². The first kappa shape index (κ1) is 23.5. The monoisotopic (exact) mass is 422 g/mol. The van der Waals surface area contributed by atoms with Gasteiger partial charge in [0.2, 0.25) is 0 Å². The minimum absolute atomic E-state index is 0.0459. The first-order chi connectivity index (χ1) is 13.0. The van der Waals surface area contributed by atoms with Gasteiger partial charge in [0.15, 0.2) is 0 Å². The maximum atomic E-state index is 13.3. The molecule has 7 N–H and O–H groups in total. The largest absolute Gasteiger partial charge is 0.480 e. The second kappa shape index (κ2) is 9.35. The zero-order valence-corrected chi connectivity index (χ0v) is 16.9. The fourth-order valence-corrected chi connectivity index (χ4v) is 5.90. The van der Waals surface area contributed by atoms with Crippen LogP contribution in [0.25, 0.3) is 0 Å². The molecule has 4 atom stereocenters. The lowest BCUT2D eigenvalue weighted by molar-refractivity contribution is -0.144. The Morgan fingerprint density at radius 2 is 2.07 bits per heavy atom. The number of nitrogens with two attached hydrogens (primary N) is 2. The molecule has 2 unspecified atom stereocenters.